The van der Waals surface area contributed by atoms with E-state index >= 15 is 0 Å². The fraction of sp³-hybridized carbons (Fsp3) is 0.679. The zero-order chi connectivity index (χ0) is 43.7. The third-order valence-electron chi connectivity index (χ3n) is 13.8. The van der Waals surface area contributed by atoms with Gasteiger partial charge in [-0.15, -0.1) is 0 Å². The van der Waals surface area contributed by atoms with E-state index in [9.17, 15) is 0 Å². The van der Waals surface area contributed by atoms with Gasteiger partial charge in [-0.1, -0.05) is 123 Å². The van der Waals surface area contributed by atoms with Crippen LogP contribution < -0.4 is 14.2 Å². The maximum Gasteiger partial charge on any atom is 0.119 e. The fourth-order valence-corrected chi connectivity index (χ4v) is 10.8. The molecule has 3 aromatic carbocycles. The zero-order valence-corrected chi connectivity index (χ0v) is 40.0. The first kappa shape index (κ1) is 50.6. The summed E-state index contributed by atoms with van der Waals surface area (Å²) in [6.45, 7) is 20.0. The number of benzene rings is 3. The second kappa shape index (κ2) is 29.4. The van der Waals surface area contributed by atoms with Crippen molar-refractivity contribution in [2.45, 2.75) is 157 Å². The molecule has 0 spiro atoms. The maximum atomic E-state index is 5.53. The number of rotatable bonds is 9. The second-order valence-electron chi connectivity index (χ2n) is 17.4. The largest absolute Gasteiger partial charge is 0.493 e. The van der Waals surface area contributed by atoms with Crippen molar-refractivity contribution in [1.82, 2.24) is 0 Å². The molecule has 10 atom stereocenters. The monoisotopic (exact) mass is 841 g/mol. The van der Waals surface area contributed by atoms with Gasteiger partial charge in [-0.05, 0) is 167 Å². The molecular formula is C56H88O5. The molecule has 7 aliphatic carbocycles. The molecule has 2 saturated heterocycles. The lowest BCUT2D eigenvalue weighted by Gasteiger charge is -2.23. The molecular weight excluding hydrogens is 753 g/mol. The molecule has 0 radical (unpaired) electrons. The number of hydrogen-bond acceptors (Lipinski definition) is 5. The van der Waals surface area contributed by atoms with E-state index in [1.54, 1.807) is 77.0 Å². The number of fused-ring (bicyclic) bond motifs is 10. The van der Waals surface area contributed by atoms with Crippen molar-refractivity contribution >= 4 is 0 Å². The third-order valence-corrected chi connectivity index (χ3v) is 13.8. The lowest BCUT2D eigenvalue weighted by Crippen LogP contribution is -2.15. The highest BCUT2D eigenvalue weighted by molar-refractivity contribution is 5.22. The summed E-state index contributed by atoms with van der Waals surface area (Å²) in [5.41, 5.74) is 0. The van der Waals surface area contributed by atoms with Crippen LogP contribution in [-0.2, 0) is 9.47 Å². The van der Waals surface area contributed by atoms with Crippen LogP contribution in [-0.4, -0.2) is 45.2 Å². The van der Waals surface area contributed by atoms with Crippen LogP contribution in [0.3, 0.4) is 0 Å². The summed E-state index contributed by atoms with van der Waals surface area (Å²) in [5.74, 6) is 13.3. The summed E-state index contributed by atoms with van der Waals surface area (Å²) in [4.78, 5) is 0. The van der Waals surface area contributed by atoms with E-state index in [4.69, 9.17) is 23.7 Å². The van der Waals surface area contributed by atoms with E-state index in [0.29, 0.717) is 25.4 Å². The maximum absolute atomic E-state index is 5.53. The van der Waals surface area contributed by atoms with Gasteiger partial charge < -0.3 is 23.7 Å². The van der Waals surface area contributed by atoms with Crippen molar-refractivity contribution in [1.29, 1.82) is 0 Å². The Morgan fingerprint density at radius 3 is 0.918 bits per heavy atom. The molecule has 9 aliphatic rings. The molecule has 342 valence electrons. The minimum Gasteiger partial charge on any atom is -0.493 e. The summed E-state index contributed by atoms with van der Waals surface area (Å²) >= 11 is 0. The summed E-state index contributed by atoms with van der Waals surface area (Å²) in [6.07, 6.45) is 22.5. The first-order chi connectivity index (χ1) is 30.2. The zero-order valence-electron chi connectivity index (χ0n) is 40.0. The third kappa shape index (κ3) is 17.6. The molecule has 61 heavy (non-hydrogen) atoms. The Kier molecular flexibility index (Phi) is 24.4. The van der Waals surface area contributed by atoms with Gasteiger partial charge in [0.15, 0.2) is 0 Å². The van der Waals surface area contributed by atoms with Gasteiger partial charge in [-0.3, -0.25) is 0 Å². The van der Waals surface area contributed by atoms with Crippen molar-refractivity contribution in [3.8, 4) is 17.2 Å². The average Bonchev–Trinajstić information content (AvgIpc) is 4.25. The minimum atomic E-state index is 0.343. The highest BCUT2D eigenvalue weighted by atomic mass is 16.6. The van der Waals surface area contributed by atoms with Gasteiger partial charge in [0.25, 0.3) is 0 Å². The van der Waals surface area contributed by atoms with Crippen molar-refractivity contribution in [2.75, 3.05) is 33.0 Å². The molecule has 3 aromatic rings. The van der Waals surface area contributed by atoms with Crippen LogP contribution in [0.5, 0.6) is 17.2 Å². The lowest BCUT2D eigenvalue weighted by atomic mass is 9.82. The van der Waals surface area contributed by atoms with Crippen LogP contribution >= 0.6 is 0 Å². The molecule has 2 heterocycles. The number of epoxide rings is 2. The Balaban J connectivity index is 0.000000161. The predicted molar refractivity (Wildman–Crippen MR) is 257 cm³/mol. The average molecular weight is 841 g/mol. The minimum absolute atomic E-state index is 0.343. The van der Waals surface area contributed by atoms with Crippen LogP contribution in [0.15, 0.2) is 91.0 Å². The first-order valence-electron chi connectivity index (χ1n) is 25.5. The molecule has 5 heteroatoms. The molecule has 4 bridgehead atoms. The molecule has 0 aromatic heterocycles. The molecule has 2 aliphatic heterocycles. The summed E-state index contributed by atoms with van der Waals surface area (Å²) in [5, 5.41) is 0. The van der Waals surface area contributed by atoms with Crippen LogP contribution in [0.1, 0.15) is 145 Å². The van der Waals surface area contributed by atoms with E-state index in [2.05, 4.69) is 0 Å². The Morgan fingerprint density at radius 2 is 0.656 bits per heavy atom. The molecule has 0 amide bonds. The van der Waals surface area contributed by atoms with Gasteiger partial charge in [0.05, 0.1) is 19.8 Å². The predicted octanol–water partition coefficient (Wildman–Crippen LogP) is 15.2. The van der Waals surface area contributed by atoms with Gasteiger partial charge in [0.1, 0.15) is 42.7 Å². The van der Waals surface area contributed by atoms with Gasteiger partial charge in [0, 0.05) is 0 Å². The lowest BCUT2D eigenvalue weighted by molar-refractivity contribution is 0.259. The van der Waals surface area contributed by atoms with E-state index in [1.165, 1.54) is 60.2 Å². The Bertz CT molecular complexity index is 1280. The molecule has 10 unspecified atom stereocenters. The molecule has 9 fully saturated rings. The molecule has 5 nitrogen and oxygen atoms in total. The standard InChI is InChI=1S/C10H12O.2C10H16.2C9H10O2.4C2H6/c1-2-4-10(5-3-1)11-8-9-6-7-9;2*1-2-9-7-4-5-8(6-7)10(9)3-1;2*1-2-4-8(5-3-1)10-6-9-7-11-9;4*1-2/h1-5,9H,6-8H2;2*7-10H,1-6H2;2*1-5,9H,6-7H2;4*1-2H3. The van der Waals surface area contributed by atoms with Gasteiger partial charge in [-0.25, -0.2) is 0 Å². The molecule has 12 rings (SSSR count). The Morgan fingerprint density at radius 1 is 0.377 bits per heavy atom. The SMILES string of the molecule is C1CC2C3CCC(C3)C2C1.C1CC2C3CCC(C3)C2C1.CC.CC.CC.CC.c1ccc(OCC2CC2)cc1.c1ccc(OCC2CO2)cc1.c1ccc(OCC2CO2)cc1. The molecule has 7 saturated carbocycles. The van der Waals surface area contributed by atoms with Crippen LogP contribution in [0.4, 0.5) is 0 Å². The smallest absolute Gasteiger partial charge is 0.119 e. The fourth-order valence-electron chi connectivity index (χ4n) is 10.8. The highest BCUT2D eigenvalue weighted by Gasteiger charge is 2.49. The number of ether oxygens (including phenoxy) is 5. The first-order valence-corrected chi connectivity index (χ1v) is 25.5. The van der Waals surface area contributed by atoms with Crippen LogP contribution in [0.25, 0.3) is 0 Å². The summed E-state index contributed by atoms with van der Waals surface area (Å²) in [6, 6.07) is 29.6. The normalized spacial score (nSPS) is 29.9. The van der Waals surface area contributed by atoms with Crippen molar-refractivity contribution in [3.05, 3.63) is 91.0 Å². The quantitative estimate of drug-likeness (QED) is 0.201. The number of hydrogen-bond donors (Lipinski definition) is 0. The summed E-state index contributed by atoms with van der Waals surface area (Å²) < 4.78 is 26.4. The summed E-state index contributed by atoms with van der Waals surface area (Å²) in [7, 11) is 0. The highest BCUT2D eigenvalue weighted by Crippen LogP contribution is 2.59. The topological polar surface area (TPSA) is 52.8 Å². The van der Waals surface area contributed by atoms with Gasteiger partial charge >= 0.3 is 0 Å². The van der Waals surface area contributed by atoms with Crippen molar-refractivity contribution < 1.29 is 23.7 Å². The van der Waals surface area contributed by atoms with Crippen LogP contribution in [0.2, 0.25) is 0 Å². The van der Waals surface area contributed by atoms with Gasteiger partial charge in [0.2, 0.25) is 0 Å². The molecule has 0 N–H and O–H groups in total. The second-order valence-corrected chi connectivity index (χ2v) is 17.4. The van der Waals surface area contributed by atoms with E-state index in [0.717, 1.165) is 43.0 Å². The Labute approximate surface area is 374 Å². The van der Waals surface area contributed by atoms with Crippen LogP contribution in [0, 0.1) is 53.3 Å². The van der Waals surface area contributed by atoms with Crippen molar-refractivity contribution in [2.24, 2.45) is 53.3 Å². The van der Waals surface area contributed by atoms with Crippen molar-refractivity contribution in [3.63, 3.8) is 0 Å². The number of para-hydroxylation sites is 3. The van der Waals surface area contributed by atoms with E-state index in [-0.39, 0.29) is 0 Å². The van der Waals surface area contributed by atoms with E-state index < -0.39 is 0 Å². The van der Waals surface area contributed by atoms with Gasteiger partial charge in [-0.2, -0.15) is 0 Å². The van der Waals surface area contributed by atoms with E-state index in [1.807, 2.05) is 146 Å². The Hall–Kier alpha value is -3.02.